The van der Waals surface area contributed by atoms with E-state index in [1.807, 2.05) is 6.07 Å². The monoisotopic (exact) mass is 278 g/mol. The van der Waals surface area contributed by atoms with Gasteiger partial charge in [0.2, 0.25) is 0 Å². The molecule has 0 bridgehead atoms. The van der Waals surface area contributed by atoms with Crippen molar-refractivity contribution in [3.05, 3.63) is 47.3 Å². The Morgan fingerprint density at radius 2 is 2.06 bits per heavy atom. The smallest absolute Gasteiger partial charge is 0.269 e. The fourth-order valence-electron chi connectivity index (χ4n) is 1.46. The quantitative estimate of drug-likeness (QED) is 0.866. The predicted octanol–water partition coefficient (Wildman–Crippen LogP) is 2.44. The predicted molar refractivity (Wildman–Crippen MR) is 71.1 cm³/mol. The molecule has 0 spiro atoms. The third-order valence-electron chi connectivity index (χ3n) is 2.45. The summed E-state index contributed by atoms with van der Waals surface area (Å²) >= 11 is 1.17. The van der Waals surface area contributed by atoms with Gasteiger partial charge in [0.1, 0.15) is 4.21 Å². The van der Waals surface area contributed by atoms with Crippen LogP contribution in [0, 0.1) is 11.3 Å². The molecule has 2 aromatic rings. The standard InChI is InChI=1S/C12H10N2O2S2/c1-14(11-5-2-4-10(8-11)9-13)18(15,16)12-6-3-7-17-12/h2-8H,1H3. The third-order valence-corrected chi connectivity index (χ3v) is 5.61. The van der Waals surface area contributed by atoms with Crippen molar-refractivity contribution in [2.75, 3.05) is 11.4 Å². The number of rotatable bonds is 3. The van der Waals surface area contributed by atoms with E-state index in [-0.39, 0.29) is 4.21 Å². The first-order chi connectivity index (χ1) is 8.55. The van der Waals surface area contributed by atoms with Crippen LogP contribution in [0.25, 0.3) is 0 Å². The number of benzene rings is 1. The highest BCUT2D eigenvalue weighted by atomic mass is 32.2. The SMILES string of the molecule is CN(c1cccc(C#N)c1)S(=O)(=O)c1cccs1. The lowest BCUT2D eigenvalue weighted by Gasteiger charge is -2.18. The number of anilines is 1. The lowest BCUT2D eigenvalue weighted by Crippen LogP contribution is -2.25. The van der Waals surface area contributed by atoms with Crippen LogP contribution in [0.1, 0.15) is 5.56 Å². The summed E-state index contributed by atoms with van der Waals surface area (Å²) in [6.07, 6.45) is 0. The first-order valence-electron chi connectivity index (χ1n) is 5.08. The fourth-order valence-corrected chi connectivity index (χ4v) is 3.80. The number of nitrogens with zero attached hydrogens (tertiary/aromatic N) is 2. The molecule has 1 heterocycles. The van der Waals surface area contributed by atoms with Crippen LogP contribution in [0.2, 0.25) is 0 Å². The highest BCUT2D eigenvalue weighted by Gasteiger charge is 2.22. The van der Waals surface area contributed by atoms with Crippen LogP contribution >= 0.6 is 11.3 Å². The molecule has 6 heteroatoms. The van der Waals surface area contributed by atoms with Crippen molar-refractivity contribution in [2.45, 2.75) is 4.21 Å². The molecule has 0 saturated heterocycles. The molecule has 0 atom stereocenters. The Bertz CT molecular complexity index is 685. The molecule has 0 unspecified atom stereocenters. The lowest BCUT2D eigenvalue weighted by atomic mass is 10.2. The minimum absolute atomic E-state index is 0.285. The summed E-state index contributed by atoms with van der Waals surface area (Å²) in [5.41, 5.74) is 0.906. The molecule has 0 fully saturated rings. The van der Waals surface area contributed by atoms with Crippen molar-refractivity contribution in [3.8, 4) is 6.07 Å². The second-order valence-corrected chi connectivity index (χ2v) is 6.71. The Morgan fingerprint density at radius 1 is 1.28 bits per heavy atom. The molecule has 4 nitrogen and oxygen atoms in total. The van der Waals surface area contributed by atoms with Gasteiger partial charge in [0.05, 0.1) is 17.3 Å². The van der Waals surface area contributed by atoms with E-state index in [9.17, 15) is 8.42 Å². The Morgan fingerprint density at radius 3 is 2.67 bits per heavy atom. The first kappa shape index (κ1) is 12.6. The molecule has 0 aliphatic heterocycles. The minimum Gasteiger partial charge on any atom is -0.269 e. The largest absolute Gasteiger partial charge is 0.273 e. The maximum absolute atomic E-state index is 12.2. The summed E-state index contributed by atoms with van der Waals surface area (Å²) < 4.78 is 26.0. The van der Waals surface area contributed by atoms with Crippen molar-refractivity contribution in [3.63, 3.8) is 0 Å². The van der Waals surface area contributed by atoms with E-state index < -0.39 is 10.0 Å². The first-order valence-corrected chi connectivity index (χ1v) is 7.40. The Balaban J connectivity index is 2.43. The van der Waals surface area contributed by atoms with E-state index in [4.69, 9.17) is 5.26 Å². The fraction of sp³-hybridized carbons (Fsp3) is 0.0833. The van der Waals surface area contributed by atoms with E-state index in [2.05, 4.69) is 0 Å². The average molecular weight is 278 g/mol. The molecule has 0 radical (unpaired) electrons. The van der Waals surface area contributed by atoms with E-state index in [0.717, 1.165) is 0 Å². The molecule has 0 saturated carbocycles. The second kappa shape index (κ2) is 4.80. The topological polar surface area (TPSA) is 61.2 Å². The zero-order valence-electron chi connectivity index (χ0n) is 9.57. The van der Waals surface area contributed by atoms with Gasteiger partial charge in [-0.3, -0.25) is 4.31 Å². The van der Waals surface area contributed by atoms with Crippen LogP contribution in [0.15, 0.2) is 46.0 Å². The van der Waals surface area contributed by atoms with Crippen molar-refractivity contribution >= 4 is 27.0 Å². The van der Waals surface area contributed by atoms with Crippen molar-refractivity contribution < 1.29 is 8.42 Å². The van der Waals surface area contributed by atoms with Crippen LogP contribution < -0.4 is 4.31 Å². The van der Waals surface area contributed by atoms with Crippen molar-refractivity contribution in [1.82, 2.24) is 0 Å². The molecule has 18 heavy (non-hydrogen) atoms. The number of sulfonamides is 1. The van der Waals surface area contributed by atoms with E-state index in [0.29, 0.717) is 11.3 Å². The zero-order chi connectivity index (χ0) is 13.2. The van der Waals surface area contributed by atoms with Crippen LogP contribution in [0.3, 0.4) is 0 Å². The second-order valence-electron chi connectivity index (χ2n) is 3.57. The summed E-state index contributed by atoms with van der Waals surface area (Å²) in [6, 6.07) is 11.7. The molecule has 1 aromatic heterocycles. The lowest BCUT2D eigenvalue weighted by molar-refractivity contribution is 0.596. The van der Waals surface area contributed by atoms with Gasteiger partial charge in [0.25, 0.3) is 10.0 Å². The van der Waals surface area contributed by atoms with Gasteiger partial charge in [0, 0.05) is 7.05 Å². The maximum Gasteiger partial charge on any atom is 0.273 e. The van der Waals surface area contributed by atoms with Gasteiger partial charge < -0.3 is 0 Å². The number of hydrogen-bond acceptors (Lipinski definition) is 4. The van der Waals surface area contributed by atoms with Gasteiger partial charge in [-0.1, -0.05) is 12.1 Å². The van der Waals surface area contributed by atoms with E-state index in [1.165, 1.54) is 22.7 Å². The molecule has 1 aromatic carbocycles. The number of thiophene rings is 1. The summed E-state index contributed by atoms with van der Waals surface area (Å²) in [5, 5.41) is 10.5. The summed E-state index contributed by atoms with van der Waals surface area (Å²) in [4.78, 5) is 0. The molecule has 0 N–H and O–H groups in total. The minimum atomic E-state index is -3.53. The maximum atomic E-state index is 12.2. The molecule has 0 aliphatic rings. The van der Waals surface area contributed by atoms with Crippen LogP contribution in [0.5, 0.6) is 0 Å². The highest BCUT2D eigenvalue weighted by Crippen LogP contribution is 2.25. The molecular weight excluding hydrogens is 268 g/mol. The van der Waals surface area contributed by atoms with Crippen LogP contribution in [-0.4, -0.2) is 15.5 Å². The Kier molecular flexibility index (Phi) is 3.36. The summed E-state index contributed by atoms with van der Waals surface area (Å²) in [7, 11) is -2.05. The number of nitriles is 1. The third kappa shape index (κ3) is 2.23. The summed E-state index contributed by atoms with van der Waals surface area (Å²) in [5.74, 6) is 0. The normalized spacial score (nSPS) is 10.9. The van der Waals surface area contributed by atoms with Gasteiger partial charge in [0.15, 0.2) is 0 Å². The van der Waals surface area contributed by atoms with Gasteiger partial charge >= 0.3 is 0 Å². The van der Waals surface area contributed by atoms with Crippen LogP contribution in [0.4, 0.5) is 5.69 Å². The zero-order valence-corrected chi connectivity index (χ0v) is 11.2. The van der Waals surface area contributed by atoms with E-state index in [1.54, 1.807) is 41.8 Å². The Labute approximate surface area is 110 Å². The van der Waals surface area contributed by atoms with Gasteiger partial charge in [-0.25, -0.2) is 8.42 Å². The molecule has 2 rings (SSSR count). The van der Waals surface area contributed by atoms with Crippen molar-refractivity contribution in [1.29, 1.82) is 5.26 Å². The van der Waals surface area contributed by atoms with Crippen molar-refractivity contribution in [2.24, 2.45) is 0 Å². The van der Waals surface area contributed by atoms with Gasteiger partial charge in [-0.2, -0.15) is 5.26 Å². The van der Waals surface area contributed by atoms with Gasteiger partial charge in [-0.05, 0) is 29.6 Å². The molecule has 0 amide bonds. The van der Waals surface area contributed by atoms with Gasteiger partial charge in [-0.15, -0.1) is 11.3 Å². The average Bonchev–Trinajstić information content (AvgIpc) is 2.92. The number of hydrogen-bond donors (Lipinski definition) is 0. The molecular formula is C12H10N2O2S2. The van der Waals surface area contributed by atoms with Crippen LogP contribution in [-0.2, 0) is 10.0 Å². The molecule has 0 aliphatic carbocycles. The highest BCUT2D eigenvalue weighted by molar-refractivity contribution is 7.94. The Hall–Kier alpha value is -1.84. The summed E-state index contributed by atoms with van der Waals surface area (Å²) in [6.45, 7) is 0. The molecule has 92 valence electrons. The van der Waals surface area contributed by atoms with E-state index >= 15 is 0 Å².